The minimum absolute atomic E-state index is 0.118. The molecule has 0 spiro atoms. The molecular formula is C22H30N2O9. The van der Waals surface area contributed by atoms with E-state index >= 15 is 0 Å². The van der Waals surface area contributed by atoms with Gasteiger partial charge in [0.2, 0.25) is 6.29 Å². The predicted molar refractivity (Wildman–Crippen MR) is 117 cm³/mol. The maximum Gasteiger partial charge on any atom is 0.349 e. The molecule has 1 fully saturated rings. The van der Waals surface area contributed by atoms with Crippen LogP contribution in [0.15, 0.2) is 33.5 Å². The molecule has 33 heavy (non-hydrogen) atoms. The first kappa shape index (κ1) is 25.1. The van der Waals surface area contributed by atoms with Crippen LogP contribution in [0.25, 0.3) is 11.0 Å². The number of aliphatic hydroxyl groups is 4. The number of carbonyl (C=O) groups excluding carboxylic acids is 1. The van der Waals surface area contributed by atoms with Crippen molar-refractivity contribution in [1.29, 1.82) is 0 Å². The number of aliphatic hydroxyl groups excluding tert-OH is 4. The Kier molecular flexibility index (Phi) is 8.78. The van der Waals surface area contributed by atoms with E-state index in [0.717, 1.165) is 25.7 Å². The van der Waals surface area contributed by atoms with Crippen molar-refractivity contribution >= 4 is 16.9 Å². The van der Waals surface area contributed by atoms with Crippen molar-refractivity contribution in [1.82, 2.24) is 5.32 Å². The highest BCUT2D eigenvalue weighted by Gasteiger charge is 2.44. The normalized spacial score (nSPS) is 25.2. The minimum Gasteiger partial charge on any atom is -0.462 e. The van der Waals surface area contributed by atoms with E-state index < -0.39 is 48.8 Å². The third-order valence-electron chi connectivity index (χ3n) is 5.47. The van der Waals surface area contributed by atoms with Gasteiger partial charge in [-0.2, -0.15) is 0 Å². The fourth-order valence-corrected chi connectivity index (χ4v) is 3.54. The van der Waals surface area contributed by atoms with E-state index in [1.807, 2.05) is 0 Å². The molecule has 1 aliphatic heterocycles. The van der Waals surface area contributed by atoms with Gasteiger partial charge in [0.15, 0.2) is 0 Å². The van der Waals surface area contributed by atoms with Crippen molar-refractivity contribution in [2.45, 2.75) is 56.4 Å². The molecule has 2 heterocycles. The molecule has 11 nitrogen and oxygen atoms in total. The molecule has 0 unspecified atom stereocenters. The van der Waals surface area contributed by atoms with Gasteiger partial charge in [0.05, 0.1) is 6.61 Å². The van der Waals surface area contributed by atoms with Crippen LogP contribution in [0.4, 0.5) is 0 Å². The molecule has 0 saturated carbocycles. The molecule has 3 rings (SSSR count). The minimum atomic E-state index is -1.58. The Labute approximate surface area is 189 Å². The zero-order valence-electron chi connectivity index (χ0n) is 18.1. The fraction of sp³-hybridized carbons (Fsp3) is 0.545. The van der Waals surface area contributed by atoms with E-state index in [1.165, 1.54) is 18.2 Å². The molecule has 1 saturated heterocycles. The van der Waals surface area contributed by atoms with Gasteiger partial charge in [-0.05, 0) is 37.6 Å². The van der Waals surface area contributed by atoms with Crippen molar-refractivity contribution in [3.05, 3.63) is 40.2 Å². The lowest BCUT2D eigenvalue weighted by atomic mass is 9.99. The van der Waals surface area contributed by atoms with Gasteiger partial charge in [0, 0.05) is 18.0 Å². The summed E-state index contributed by atoms with van der Waals surface area (Å²) in [5.41, 5.74) is 4.65. The van der Waals surface area contributed by atoms with Crippen LogP contribution in [0, 0.1) is 0 Å². The zero-order chi connectivity index (χ0) is 24.0. The van der Waals surface area contributed by atoms with Crippen LogP contribution in [0.1, 0.15) is 36.0 Å². The summed E-state index contributed by atoms with van der Waals surface area (Å²) in [5.74, 6) is -0.379. The van der Waals surface area contributed by atoms with Gasteiger partial charge < -0.3 is 45.4 Å². The Morgan fingerprint density at radius 1 is 1.06 bits per heavy atom. The summed E-state index contributed by atoms with van der Waals surface area (Å²) in [6.07, 6.45) is -3.52. The van der Waals surface area contributed by atoms with Gasteiger partial charge in [-0.1, -0.05) is 12.8 Å². The van der Waals surface area contributed by atoms with Crippen molar-refractivity contribution in [3.8, 4) is 5.75 Å². The summed E-state index contributed by atoms with van der Waals surface area (Å²) in [4.78, 5) is 24.7. The molecule has 1 aliphatic rings. The maximum atomic E-state index is 12.4. The largest absolute Gasteiger partial charge is 0.462 e. The lowest BCUT2D eigenvalue weighted by molar-refractivity contribution is -0.277. The standard InChI is InChI=1S/C22H30N2O9/c23-7-3-1-2-4-8-24-20(29)14-9-12-5-6-13(10-15(12)32-21(14)30)31-22-19(28)18(27)17(26)16(11-25)33-22/h5-6,9-10,16-19,22,25-28H,1-4,7-8,11,23H2,(H,24,29)/t16-,17+,18+,19-,22-/m1/s1. The van der Waals surface area contributed by atoms with Crippen LogP contribution >= 0.6 is 0 Å². The van der Waals surface area contributed by atoms with Crippen LogP contribution in [0.2, 0.25) is 0 Å². The lowest BCUT2D eigenvalue weighted by Gasteiger charge is -2.39. The van der Waals surface area contributed by atoms with Crippen LogP contribution in [-0.4, -0.2) is 76.7 Å². The average Bonchev–Trinajstić information content (AvgIpc) is 2.81. The molecule has 7 N–H and O–H groups in total. The van der Waals surface area contributed by atoms with Gasteiger partial charge in [0.25, 0.3) is 5.91 Å². The fourth-order valence-electron chi connectivity index (χ4n) is 3.54. The smallest absolute Gasteiger partial charge is 0.349 e. The van der Waals surface area contributed by atoms with Crippen LogP contribution < -0.4 is 21.4 Å². The van der Waals surface area contributed by atoms with Crippen molar-refractivity contribution in [2.24, 2.45) is 5.73 Å². The number of hydrogen-bond acceptors (Lipinski definition) is 10. The SMILES string of the molecule is NCCCCCCNC(=O)c1cc2ccc(O[C@@H]3O[C@H](CO)[C@H](O)[C@H](O)[C@H]3O)cc2oc1=O. The highest BCUT2D eigenvalue weighted by Crippen LogP contribution is 2.26. The number of benzene rings is 1. The molecule has 0 radical (unpaired) electrons. The second kappa shape index (κ2) is 11.5. The van der Waals surface area contributed by atoms with E-state index in [4.69, 9.17) is 19.6 Å². The summed E-state index contributed by atoms with van der Waals surface area (Å²) < 4.78 is 16.1. The molecule has 0 bridgehead atoms. The summed E-state index contributed by atoms with van der Waals surface area (Å²) in [6, 6.07) is 5.85. The molecule has 182 valence electrons. The van der Waals surface area contributed by atoms with E-state index in [9.17, 15) is 30.0 Å². The van der Waals surface area contributed by atoms with Crippen molar-refractivity contribution < 1.29 is 39.1 Å². The lowest BCUT2D eigenvalue weighted by Crippen LogP contribution is -2.60. The third-order valence-corrected chi connectivity index (χ3v) is 5.47. The van der Waals surface area contributed by atoms with Gasteiger partial charge >= 0.3 is 5.63 Å². The Bertz CT molecular complexity index is 993. The molecular weight excluding hydrogens is 436 g/mol. The Morgan fingerprint density at radius 2 is 1.82 bits per heavy atom. The van der Waals surface area contributed by atoms with E-state index in [2.05, 4.69) is 5.32 Å². The predicted octanol–water partition coefficient (Wildman–Crippen LogP) is -0.779. The van der Waals surface area contributed by atoms with Crippen molar-refractivity contribution in [3.63, 3.8) is 0 Å². The molecule has 1 aromatic heterocycles. The van der Waals surface area contributed by atoms with Crippen molar-refractivity contribution in [2.75, 3.05) is 19.7 Å². The van der Waals surface area contributed by atoms with Gasteiger partial charge in [-0.15, -0.1) is 0 Å². The average molecular weight is 466 g/mol. The number of ether oxygens (including phenoxy) is 2. The molecule has 11 heteroatoms. The molecule has 0 aliphatic carbocycles. The van der Waals surface area contributed by atoms with E-state index in [-0.39, 0.29) is 16.9 Å². The summed E-state index contributed by atoms with van der Waals surface area (Å²) in [7, 11) is 0. The number of hydrogen-bond donors (Lipinski definition) is 6. The molecule has 1 aromatic carbocycles. The number of rotatable bonds is 10. The molecule has 2 aromatic rings. The van der Waals surface area contributed by atoms with E-state index in [1.54, 1.807) is 6.07 Å². The Hall–Kier alpha value is -2.54. The first-order valence-electron chi connectivity index (χ1n) is 10.9. The first-order chi connectivity index (χ1) is 15.8. The van der Waals surface area contributed by atoms with Gasteiger partial charge in [-0.25, -0.2) is 4.79 Å². The second-order valence-electron chi connectivity index (χ2n) is 7.92. The van der Waals surface area contributed by atoms with E-state index in [0.29, 0.717) is 18.5 Å². The number of nitrogens with one attached hydrogen (secondary N) is 1. The molecule has 5 atom stereocenters. The number of amides is 1. The quantitative estimate of drug-likeness (QED) is 0.192. The monoisotopic (exact) mass is 466 g/mol. The summed E-state index contributed by atoms with van der Waals surface area (Å²) in [6.45, 7) is 0.489. The van der Waals surface area contributed by atoms with Crippen LogP contribution in [0.5, 0.6) is 5.75 Å². The van der Waals surface area contributed by atoms with Crippen LogP contribution in [-0.2, 0) is 4.74 Å². The number of nitrogens with two attached hydrogens (primary N) is 1. The number of fused-ring (bicyclic) bond motifs is 1. The first-order valence-corrected chi connectivity index (χ1v) is 10.9. The molecule has 1 amide bonds. The highest BCUT2D eigenvalue weighted by atomic mass is 16.7. The van der Waals surface area contributed by atoms with Gasteiger partial charge in [-0.3, -0.25) is 4.79 Å². The number of carbonyl (C=O) groups is 1. The summed E-state index contributed by atoms with van der Waals surface area (Å²) in [5, 5.41) is 42.3. The summed E-state index contributed by atoms with van der Waals surface area (Å²) >= 11 is 0. The maximum absolute atomic E-state index is 12.4. The Balaban J connectivity index is 1.68. The number of unbranched alkanes of at least 4 members (excludes halogenated alkanes) is 3. The topological polar surface area (TPSA) is 185 Å². The zero-order valence-corrected chi connectivity index (χ0v) is 18.1. The van der Waals surface area contributed by atoms with Gasteiger partial charge in [0.1, 0.15) is 41.3 Å². The second-order valence-corrected chi connectivity index (χ2v) is 7.92. The van der Waals surface area contributed by atoms with Crippen LogP contribution in [0.3, 0.4) is 0 Å². The highest BCUT2D eigenvalue weighted by molar-refractivity contribution is 5.96. The third kappa shape index (κ3) is 6.08. The Morgan fingerprint density at radius 3 is 2.55 bits per heavy atom.